The maximum absolute atomic E-state index is 13.9. The average molecular weight is 486 g/mol. The topological polar surface area (TPSA) is 95.3 Å². The van der Waals surface area contributed by atoms with E-state index in [-0.39, 0.29) is 17.9 Å². The van der Waals surface area contributed by atoms with E-state index < -0.39 is 29.3 Å². The van der Waals surface area contributed by atoms with Crippen LogP contribution in [0.2, 0.25) is 0 Å². The van der Waals surface area contributed by atoms with Gasteiger partial charge in [-0.15, -0.1) is 0 Å². The second-order valence-electron chi connectivity index (χ2n) is 10.1. The number of hydrogen-bond acceptors (Lipinski definition) is 6. The molecule has 2 unspecified atom stereocenters. The molecule has 6 rings (SSSR count). The Hall–Kier alpha value is -4.01. The Kier molecular flexibility index (Phi) is 5.00. The summed E-state index contributed by atoms with van der Waals surface area (Å²) in [5.74, 6) is -0.311. The minimum atomic E-state index is -1.57. The van der Waals surface area contributed by atoms with Crippen molar-refractivity contribution in [2.24, 2.45) is 11.3 Å². The monoisotopic (exact) mass is 485 g/mol. The number of carbonyl (C=O) groups excluding carboxylic acids is 3. The summed E-state index contributed by atoms with van der Waals surface area (Å²) in [6, 6.07) is 14.4. The summed E-state index contributed by atoms with van der Waals surface area (Å²) in [6.45, 7) is 0.564. The fourth-order valence-electron chi connectivity index (χ4n) is 6.32. The average Bonchev–Trinajstić information content (AvgIpc) is 2.91. The third-order valence-corrected chi connectivity index (χ3v) is 8.13. The molecule has 9 nitrogen and oxygen atoms in total. The molecule has 3 aliphatic rings. The summed E-state index contributed by atoms with van der Waals surface area (Å²) in [6.07, 6.45) is 3.81. The molecule has 0 bridgehead atoms. The highest BCUT2D eigenvalue weighted by atomic mass is 16.2. The predicted octanol–water partition coefficient (Wildman–Crippen LogP) is 2.12. The first-order valence-electron chi connectivity index (χ1n) is 12.2. The van der Waals surface area contributed by atoms with E-state index in [1.807, 2.05) is 29.2 Å². The third-order valence-electron chi connectivity index (χ3n) is 8.13. The van der Waals surface area contributed by atoms with Gasteiger partial charge in [0.15, 0.2) is 5.41 Å². The maximum Gasteiger partial charge on any atom is 0.332 e. The van der Waals surface area contributed by atoms with Crippen molar-refractivity contribution in [1.29, 1.82) is 0 Å². The fraction of sp³-hybridized carbons (Fsp3) is 0.370. The van der Waals surface area contributed by atoms with Gasteiger partial charge in [0.05, 0.1) is 11.6 Å². The van der Waals surface area contributed by atoms with Crippen LogP contribution in [0.4, 0.5) is 10.6 Å². The molecule has 0 aliphatic carbocycles. The van der Waals surface area contributed by atoms with Crippen LogP contribution in [-0.4, -0.2) is 63.7 Å². The van der Waals surface area contributed by atoms with E-state index in [4.69, 9.17) is 4.98 Å². The number of barbiturate groups is 1. The lowest BCUT2D eigenvalue weighted by Gasteiger charge is -2.55. The van der Waals surface area contributed by atoms with E-state index in [2.05, 4.69) is 12.1 Å². The minimum absolute atomic E-state index is 0.0785. The maximum atomic E-state index is 13.9. The number of anilines is 1. The summed E-state index contributed by atoms with van der Waals surface area (Å²) < 4.78 is 1.45. The van der Waals surface area contributed by atoms with Crippen molar-refractivity contribution in [3.05, 3.63) is 76.2 Å². The number of pyridine rings is 1. The number of imide groups is 2. The molecule has 3 aliphatic heterocycles. The second-order valence-corrected chi connectivity index (χ2v) is 10.1. The molecule has 2 fully saturated rings. The van der Waals surface area contributed by atoms with Gasteiger partial charge in [0, 0.05) is 33.3 Å². The molecule has 0 saturated carbocycles. The van der Waals surface area contributed by atoms with Gasteiger partial charge in [-0.1, -0.05) is 36.4 Å². The van der Waals surface area contributed by atoms with Crippen molar-refractivity contribution in [2.45, 2.75) is 31.7 Å². The number of carbonyl (C=O) groups is 3. The Morgan fingerprint density at radius 3 is 2.36 bits per heavy atom. The van der Waals surface area contributed by atoms with Gasteiger partial charge in [-0.25, -0.2) is 9.78 Å². The molecule has 2 atom stereocenters. The highest BCUT2D eigenvalue weighted by Crippen LogP contribution is 2.48. The first kappa shape index (κ1) is 22.5. The van der Waals surface area contributed by atoms with Gasteiger partial charge in [-0.2, -0.15) is 0 Å². The number of amides is 4. The van der Waals surface area contributed by atoms with Gasteiger partial charge < -0.3 is 4.90 Å². The van der Waals surface area contributed by atoms with Crippen LogP contribution >= 0.6 is 0 Å². The summed E-state index contributed by atoms with van der Waals surface area (Å²) in [5, 5.41) is 0. The van der Waals surface area contributed by atoms with Crippen LogP contribution in [0.3, 0.4) is 0 Å². The van der Waals surface area contributed by atoms with Gasteiger partial charge in [0.2, 0.25) is 11.8 Å². The molecule has 3 aromatic rings. The van der Waals surface area contributed by atoms with Crippen molar-refractivity contribution >= 4 is 29.3 Å². The zero-order chi connectivity index (χ0) is 25.2. The van der Waals surface area contributed by atoms with Crippen LogP contribution < -0.4 is 10.5 Å². The normalized spacial score (nSPS) is 23.3. The molecule has 2 saturated heterocycles. The summed E-state index contributed by atoms with van der Waals surface area (Å²) in [5.41, 5.74) is 0.211. The minimum Gasteiger partial charge on any atom is -0.352 e. The number of nitrogens with zero attached hydrogens (tertiary/aromatic N) is 5. The number of hydrogen-bond donors (Lipinski definition) is 0. The number of rotatable bonds is 2. The second kappa shape index (κ2) is 8.01. The highest BCUT2D eigenvalue weighted by Gasteiger charge is 2.64. The number of fused-ring (bicyclic) bond motifs is 5. The van der Waals surface area contributed by atoms with Gasteiger partial charge in [-0.3, -0.25) is 28.6 Å². The smallest absolute Gasteiger partial charge is 0.332 e. The van der Waals surface area contributed by atoms with Gasteiger partial charge >= 0.3 is 6.03 Å². The van der Waals surface area contributed by atoms with Gasteiger partial charge in [0.25, 0.3) is 5.56 Å². The van der Waals surface area contributed by atoms with Gasteiger partial charge in [0.1, 0.15) is 11.5 Å². The third kappa shape index (κ3) is 3.04. The molecule has 1 aromatic carbocycles. The van der Waals surface area contributed by atoms with E-state index in [1.54, 1.807) is 18.3 Å². The van der Waals surface area contributed by atoms with Gasteiger partial charge in [-0.05, 0) is 42.9 Å². The van der Waals surface area contributed by atoms with Crippen molar-refractivity contribution in [3.8, 4) is 0 Å². The Bertz CT molecular complexity index is 1440. The molecule has 2 aromatic heterocycles. The molecule has 4 amide bonds. The van der Waals surface area contributed by atoms with Crippen LogP contribution in [0.25, 0.3) is 5.65 Å². The first-order valence-corrected chi connectivity index (χ1v) is 12.2. The number of benzene rings is 1. The molecule has 184 valence electrons. The van der Waals surface area contributed by atoms with Crippen LogP contribution in [0, 0.1) is 11.3 Å². The molecular weight excluding hydrogens is 458 g/mol. The standard InChI is InChI=1S/C27H27N5O4/c1-29-24(34)27(25(35)30(2)26(29)36)16-19-22(28-21-10-6-7-12-32(21)23(19)33)31-13-11-18(15-20(27)31)14-17-8-4-3-5-9-17/h3-10,12,18,20H,11,13-16H2,1-2H3. The van der Waals surface area contributed by atoms with E-state index in [0.29, 0.717) is 30.0 Å². The highest BCUT2D eigenvalue weighted by molar-refractivity contribution is 6.20. The van der Waals surface area contributed by atoms with Crippen LogP contribution in [-0.2, 0) is 22.4 Å². The summed E-state index contributed by atoms with van der Waals surface area (Å²) in [4.78, 5) is 62.9. The van der Waals surface area contributed by atoms with Crippen LogP contribution in [0.5, 0.6) is 0 Å². The molecule has 9 heteroatoms. The van der Waals surface area contributed by atoms with E-state index in [1.165, 1.54) is 24.1 Å². The number of urea groups is 1. The molecule has 0 radical (unpaired) electrons. The Balaban J connectivity index is 1.52. The van der Waals surface area contributed by atoms with Crippen LogP contribution in [0.15, 0.2) is 59.5 Å². The summed E-state index contributed by atoms with van der Waals surface area (Å²) >= 11 is 0. The molecule has 36 heavy (non-hydrogen) atoms. The quantitative estimate of drug-likeness (QED) is 0.516. The van der Waals surface area contributed by atoms with E-state index >= 15 is 0 Å². The molecule has 0 N–H and O–H groups in total. The first-order chi connectivity index (χ1) is 17.3. The largest absolute Gasteiger partial charge is 0.352 e. The zero-order valence-corrected chi connectivity index (χ0v) is 20.3. The Morgan fingerprint density at radius 2 is 1.64 bits per heavy atom. The van der Waals surface area contributed by atoms with Crippen molar-refractivity contribution in [3.63, 3.8) is 0 Å². The summed E-state index contributed by atoms with van der Waals surface area (Å²) in [7, 11) is 2.82. The lowest BCUT2D eigenvalue weighted by atomic mass is 9.64. The fourth-order valence-corrected chi connectivity index (χ4v) is 6.32. The van der Waals surface area contributed by atoms with Crippen molar-refractivity contribution in [2.75, 3.05) is 25.5 Å². The number of aromatic nitrogens is 2. The lowest BCUT2D eigenvalue weighted by molar-refractivity contribution is -0.160. The zero-order valence-electron chi connectivity index (χ0n) is 20.3. The molecular formula is C27H27N5O4. The van der Waals surface area contributed by atoms with Crippen molar-refractivity contribution < 1.29 is 14.4 Å². The molecule has 1 spiro atoms. The van der Waals surface area contributed by atoms with E-state index in [9.17, 15) is 19.2 Å². The van der Waals surface area contributed by atoms with Crippen molar-refractivity contribution in [1.82, 2.24) is 19.2 Å². The Morgan fingerprint density at radius 1 is 0.944 bits per heavy atom. The SMILES string of the molecule is CN1C(=O)N(C)C(=O)C2(Cc3c(nc4ccccn4c3=O)N3CCC(Cc4ccccc4)CC32)C1=O. The predicted molar refractivity (Wildman–Crippen MR) is 133 cm³/mol. The van der Waals surface area contributed by atoms with Crippen LogP contribution in [0.1, 0.15) is 24.0 Å². The van der Waals surface area contributed by atoms with E-state index in [0.717, 1.165) is 22.6 Å². The lowest BCUT2D eigenvalue weighted by Crippen LogP contribution is -2.73. The molecule has 5 heterocycles. The number of piperidine rings is 1. The Labute approximate surface area is 207 Å².